The second-order valence-corrected chi connectivity index (χ2v) is 6.78. The highest BCUT2D eigenvalue weighted by Crippen LogP contribution is 2.33. The highest BCUT2D eigenvalue weighted by molar-refractivity contribution is 5.93. The van der Waals surface area contributed by atoms with Crippen molar-refractivity contribution in [3.63, 3.8) is 0 Å². The van der Waals surface area contributed by atoms with Gasteiger partial charge in [0.15, 0.2) is 0 Å². The zero-order valence-corrected chi connectivity index (χ0v) is 14.5. The average molecular weight is 331 g/mol. The normalized spacial score (nSPS) is 21.5. The van der Waals surface area contributed by atoms with Gasteiger partial charge >= 0.3 is 5.97 Å². The van der Waals surface area contributed by atoms with Crippen molar-refractivity contribution in [2.75, 3.05) is 0 Å². The smallest absolute Gasteiger partial charge is 0.303 e. The number of benzene rings is 1. The Balaban J connectivity index is 2.26. The van der Waals surface area contributed by atoms with Crippen LogP contribution in [0.25, 0.3) is 5.70 Å². The number of carboxylic acids is 1. The third-order valence-electron chi connectivity index (χ3n) is 4.90. The first-order valence-corrected chi connectivity index (χ1v) is 8.63. The molecule has 2 atom stereocenters. The van der Waals surface area contributed by atoms with E-state index in [9.17, 15) is 9.18 Å². The van der Waals surface area contributed by atoms with Crippen molar-refractivity contribution >= 4 is 17.4 Å². The van der Waals surface area contributed by atoms with E-state index >= 15 is 0 Å². The monoisotopic (exact) mass is 331 g/mol. The lowest BCUT2D eigenvalue weighted by molar-refractivity contribution is -0.136. The van der Waals surface area contributed by atoms with Crippen molar-refractivity contribution in [3.05, 3.63) is 41.7 Å². The highest BCUT2D eigenvalue weighted by atomic mass is 19.1. The molecule has 24 heavy (non-hydrogen) atoms. The second kappa shape index (κ2) is 8.22. The summed E-state index contributed by atoms with van der Waals surface area (Å²) in [5.74, 6) is -0.234. The van der Waals surface area contributed by atoms with Crippen molar-refractivity contribution in [1.29, 1.82) is 0 Å². The lowest BCUT2D eigenvalue weighted by Gasteiger charge is -2.30. The number of aliphatic imine (C=N–C) groups is 1. The Morgan fingerprint density at radius 3 is 2.67 bits per heavy atom. The molecule has 1 fully saturated rings. The maximum absolute atomic E-state index is 13.4. The van der Waals surface area contributed by atoms with E-state index in [0.29, 0.717) is 29.5 Å². The molecule has 0 aromatic heterocycles. The fourth-order valence-electron chi connectivity index (χ4n) is 3.43. The van der Waals surface area contributed by atoms with E-state index in [1.165, 1.54) is 12.5 Å². The third-order valence-corrected chi connectivity index (χ3v) is 4.90. The molecular formula is C20H26FNO2. The van der Waals surface area contributed by atoms with Crippen LogP contribution < -0.4 is 0 Å². The van der Waals surface area contributed by atoms with Gasteiger partial charge in [0.25, 0.3) is 0 Å². The van der Waals surface area contributed by atoms with E-state index in [4.69, 9.17) is 10.1 Å². The zero-order valence-electron chi connectivity index (χ0n) is 14.5. The average Bonchev–Trinajstić information content (AvgIpc) is 2.54. The van der Waals surface area contributed by atoms with Gasteiger partial charge in [-0.15, -0.1) is 0 Å². The van der Waals surface area contributed by atoms with Crippen LogP contribution in [0.1, 0.15) is 56.6 Å². The minimum atomic E-state index is -0.811. The molecule has 0 saturated heterocycles. The standard InChI is InChI=1S/C20H26FNO2/c1-13-6-4-5-7-17(13)19(10-11-20(23)24)22-15(3)16-8-9-18(21)14(2)12-16/h8-9,12-13,17H,3-7,10-11H2,1-2H3,(H,23,24). The van der Waals surface area contributed by atoms with Crippen LogP contribution in [0.2, 0.25) is 0 Å². The Morgan fingerprint density at radius 2 is 2.04 bits per heavy atom. The van der Waals surface area contributed by atoms with Crippen LogP contribution in [-0.4, -0.2) is 16.8 Å². The molecule has 2 rings (SSSR count). The quantitative estimate of drug-likeness (QED) is 0.725. The molecule has 1 aromatic carbocycles. The summed E-state index contributed by atoms with van der Waals surface area (Å²) in [6, 6.07) is 4.83. The van der Waals surface area contributed by atoms with E-state index in [2.05, 4.69) is 13.5 Å². The molecule has 130 valence electrons. The first kappa shape index (κ1) is 18.4. The van der Waals surface area contributed by atoms with Crippen molar-refractivity contribution < 1.29 is 14.3 Å². The Labute approximate surface area is 143 Å². The van der Waals surface area contributed by atoms with Gasteiger partial charge in [0.1, 0.15) is 5.82 Å². The molecule has 1 aliphatic carbocycles. The van der Waals surface area contributed by atoms with Gasteiger partial charge in [-0.05, 0) is 60.9 Å². The fraction of sp³-hybridized carbons (Fsp3) is 0.500. The first-order chi connectivity index (χ1) is 11.4. The Kier molecular flexibility index (Phi) is 6.29. The van der Waals surface area contributed by atoms with Gasteiger partial charge in [-0.1, -0.05) is 32.8 Å². The molecule has 2 unspecified atom stereocenters. The van der Waals surface area contributed by atoms with Gasteiger partial charge in [0, 0.05) is 5.71 Å². The van der Waals surface area contributed by atoms with E-state index in [0.717, 1.165) is 30.5 Å². The lowest BCUT2D eigenvalue weighted by Crippen LogP contribution is -2.26. The van der Waals surface area contributed by atoms with Gasteiger partial charge in [-0.25, -0.2) is 4.39 Å². The van der Waals surface area contributed by atoms with Crippen LogP contribution in [-0.2, 0) is 4.79 Å². The summed E-state index contributed by atoms with van der Waals surface area (Å²) < 4.78 is 13.4. The fourth-order valence-corrected chi connectivity index (χ4v) is 3.43. The first-order valence-electron chi connectivity index (χ1n) is 8.63. The van der Waals surface area contributed by atoms with Crippen molar-refractivity contribution in [2.24, 2.45) is 16.8 Å². The minimum Gasteiger partial charge on any atom is -0.481 e. The number of carbonyl (C=O) groups is 1. The Bertz CT molecular complexity index is 651. The molecule has 3 nitrogen and oxygen atoms in total. The molecule has 0 aliphatic heterocycles. The van der Waals surface area contributed by atoms with E-state index < -0.39 is 5.97 Å². The lowest BCUT2D eigenvalue weighted by atomic mass is 9.76. The van der Waals surface area contributed by atoms with Crippen LogP contribution in [0.5, 0.6) is 0 Å². The molecule has 0 bridgehead atoms. The summed E-state index contributed by atoms with van der Waals surface area (Å²) in [5.41, 5.74) is 2.85. The van der Waals surface area contributed by atoms with Gasteiger partial charge < -0.3 is 5.11 Å². The largest absolute Gasteiger partial charge is 0.481 e. The molecule has 0 spiro atoms. The number of carboxylic acid groups (broad SMARTS) is 1. The van der Waals surface area contributed by atoms with E-state index in [-0.39, 0.29) is 12.2 Å². The second-order valence-electron chi connectivity index (χ2n) is 6.78. The van der Waals surface area contributed by atoms with Crippen molar-refractivity contribution in [2.45, 2.75) is 52.4 Å². The number of rotatable bonds is 6. The maximum Gasteiger partial charge on any atom is 0.303 e. The van der Waals surface area contributed by atoms with E-state index in [1.54, 1.807) is 19.1 Å². The number of hydrogen-bond acceptors (Lipinski definition) is 2. The van der Waals surface area contributed by atoms with Crippen LogP contribution in [0.3, 0.4) is 0 Å². The molecule has 1 aliphatic rings. The van der Waals surface area contributed by atoms with E-state index in [1.807, 2.05) is 0 Å². The SMILES string of the molecule is C=C(N=C(CCC(=O)O)C1CCCCC1C)c1ccc(F)c(C)c1. The summed E-state index contributed by atoms with van der Waals surface area (Å²) in [5, 5.41) is 9.03. The van der Waals surface area contributed by atoms with Crippen LogP contribution >= 0.6 is 0 Å². The van der Waals surface area contributed by atoms with Crippen LogP contribution in [0.15, 0.2) is 29.8 Å². The van der Waals surface area contributed by atoms with Gasteiger partial charge in [-0.3, -0.25) is 9.79 Å². The van der Waals surface area contributed by atoms with Gasteiger partial charge in [0.2, 0.25) is 0 Å². The summed E-state index contributed by atoms with van der Waals surface area (Å²) >= 11 is 0. The topological polar surface area (TPSA) is 49.7 Å². The Morgan fingerprint density at radius 1 is 1.33 bits per heavy atom. The number of halogens is 1. The molecule has 1 saturated carbocycles. The molecular weight excluding hydrogens is 305 g/mol. The van der Waals surface area contributed by atoms with Gasteiger partial charge in [0.05, 0.1) is 12.1 Å². The minimum absolute atomic E-state index is 0.0811. The molecule has 0 radical (unpaired) electrons. The molecule has 4 heteroatoms. The van der Waals surface area contributed by atoms with Crippen molar-refractivity contribution in [3.8, 4) is 0 Å². The Hall–Kier alpha value is -1.97. The highest BCUT2D eigenvalue weighted by Gasteiger charge is 2.26. The summed E-state index contributed by atoms with van der Waals surface area (Å²) in [7, 11) is 0. The summed E-state index contributed by atoms with van der Waals surface area (Å²) in [6.07, 6.45) is 5.11. The predicted molar refractivity (Wildman–Crippen MR) is 95.6 cm³/mol. The molecule has 1 N–H and O–H groups in total. The molecule has 0 heterocycles. The predicted octanol–water partition coefficient (Wildman–Crippen LogP) is 5.24. The van der Waals surface area contributed by atoms with Crippen LogP contribution in [0, 0.1) is 24.6 Å². The van der Waals surface area contributed by atoms with Gasteiger partial charge in [-0.2, -0.15) is 0 Å². The number of aliphatic carboxylic acids is 1. The zero-order chi connectivity index (χ0) is 17.7. The molecule has 0 amide bonds. The van der Waals surface area contributed by atoms with Crippen LogP contribution in [0.4, 0.5) is 4.39 Å². The maximum atomic E-state index is 13.4. The number of nitrogens with zero attached hydrogens (tertiary/aromatic N) is 1. The molecule has 1 aromatic rings. The third kappa shape index (κ3) is 4.76. The van der Waals surface area contributed by atoms with Crippen molar-refractivity contribution in [1.82, 2.24) is 0 Å². The number of hydrogen-bond donors (Lipinski definition) is 1. The summed E-state index contributed by atoms with van der Waals surface area (Å²) in [4.78, 5) is 15.7. The summed E-state index contributed by atoms with van der Waals surface area (Å²) in [6.45, 7) is 7.95. The number of aryl methyl sites for hydroxylation is 1.